The minimum atomic E-state index is -1.43. The van der Waals surface area contributed by atoms with Gasteiger partial charge in [-0.25, -0.2) is 4.68 Å². The number of anilines is 1. The number of hydrogen-bond acceptors (Lipinski definition) is 3. The van der Waals surface area contributed by atoms with E-state index in [0.29, 0.717) is 5.69 Å². The number of para-hydroxylation sites is 1. The molecule has 0 saturated heterocycles. The number of amides is 1. The predicted octanol–water partition coefficient (Wildman–Crippen LogP) is 3.36. The van der Waals surface area contributed by atoms with Gasteiger partial charge < -0.3 is 10.4 Å². The highest BCUT2D eigenvalue weighted by molar-refractivity contribution is 6.09. The van der Waals surface area contributed by atoms with Crippen molar-refractivity contribution < 1.29 is 14.7 Å². The fourth-order valence-electron chi connectivity index (χ4n) is 3.14. The summed E-state index contributed by atoms with van der Waals surface area (Å²) in [4.78, 5) is 24.4. The average molecular weight is 339 g/mol. The van der Waals surface area contributed by atoms with Gasteiger partial charge in [-0.2, -0.15) is 5.10 Å². The molecule has 0 atom stereocenters. The molecule has 6 nitrogen and oxygen atoms in total. The van der Waals surface area contributed by atoms with Crippen LogP contribution >= 0.6 is 0 Å². The van der Waals surface area contributed by atoms with Crippen LogP contribution in [0.15, 0.2) is 48.7 Å². The van der Waals surface area contributed by atoms with Gasteiger partial charge >= 0.3 is 5.97 Å². The molecule has 0 saturated carbocycles. The van der Waals surface area contributed by atoms with Crippen LogP contribution in [0.4, 0.5) is 5.69 Å². The third kappa shape index (κ3) is 2.95. The summed E-state index contributed by atoms with van der Waals surface area (Å²) in [6.45, 7) is 4.02. The minimum Gasteiger partial charge on any atom is -0.480 e. The molecule has 2 N–H and O–H groups in total. The molecule has 25 heavy (non-hydrogen) atoms. The Morgan fingerprint density at radius 1 is 1.20 bits per heavy atom. The number of allylic oxidation sites excluding steroid dienone is 2. The molecule has 0 bridgehead atoms. The number of carbonyl (C=O) groups excluding carboxylic acids is 1. The second-order valence-corrected chi connectivity index (χ2v) is 6.57. The predicted molar refractivity (Wildman–Crippen MR) is 94.7 cm³/mol. The molecule has 2 aromatic rings. The number of nitrogens with one attached hydrogen (secondary N) is 1. The lowest BCUT2D eigenvalue weighted by Gasteiger charge is -2.23. The van der Waals surface area contributed by atoms with Crippen LogP contribution in [-0.2, 0) is 9.59 Å². The molecule has 0 fully saturated rings. The van der Waals surface area contributed by atoms with Crippen molar-refractivity contribution in [2.75, 3.05) is 5.32 Å². The lowest BCUT2D eigenvalue weighted by Crippen LogP contribution is -2.41. The molecular formula is C19H21N3O3. The average Bonchev–Trinajstić information content (AvgIpc) is 3.23. The van der Waals surface area contributed by atoms with E-state index < -0.39 is 17.3 Å². The molecule has 1 aliphatic carbocycles. The van der Waals surface area contributed by atoms with Crippen molar-refractivity contribution in [3.8, 4) is 5.69 Å². The van der Waals surface area contributed by atoms with Crippen LogP contribution in [0.25, 0.3) is 5.69 Å². The number of carbonyl (C=O) groups is 2. The number of rotatable bonds is 5. The maximum Gasteiger partial charge on any atom is 0.319 e. The standard InChI is InChI=1S/C19H21N3O3/c1-13(2)16-15(12-20-22(16)14-8-4-3-5-9-14)21-17(23)19(18(24)25)10-6-7-11-19/h3-9,12-13H,10-11H2,1-2H3,(H,21,23)(H,24,25). The van der Waals surface area contributed by atoms with Gasteiger partial charge in [0.2, 0.25) is 5.91 Å². The molecule has 1 aromatic carbocycles. The number of carboxylic acids is 1. The summed E-state index contributed by atoms with van der Waals surface area (Å²) in [5, 5.41) is 16.7. The Bertz CT molecular complexity index is 814. The first kappa shape index (κ1) is 17.0. The zero-order valence-corrected chi connectivity index (χ0v) is 14.3. The van der Waals surface area contributed by atoms with Crippen LogP contribution in [0, 0.1) is 5.41 Å². The Kier molecular flexibility index (Phi) is 4.44. The Labute approximate surface area is 146 Å². The highest BCUT2D eigenvalue weighted by Crippen LogP contribution is 2.36. The van der Waals surface area contributed by atoms with Crippen molar-refractivity contribution in [1.29, 1.82) is 0 Å². The largest absolute Gasteiger partial charge is 0.480 e. The lowest BCUT2D eigenvalue weighted by atomic mass is 9.84. The molecule has 1 amide bonds. The molecule has 6 heteroatoms. The van der Waals surface area contributed by atoms with Crippen LogP contribution < -0.4 is 5.32 Å². The van der Waals surface area contributed by atoms with Crippen LogP contribution in [0.2, 0.25) is 0 Å². The Balaban J connectivity index is 1.94. The van der Waals surface area contributed by atoms with Gasteiger partial charge in [0.15, 0.2) is 5.41 Å². The van der Waals surface area contributed by atoms with E-state index in [1.54, 1.807) is 23.0 Å². The van der Waals surface area contributed by atoms with Crippen LogP contribution in [0.1, 0.15) is 38.3 Å². The first-order valence-electron chi connectivity index (χ1n) is 8.29. The van der Waals surface area contributed by atoms with Crippen LogP contribution in [-0.4, -0.2) is 26.8 Å². The maximum atomic E-state index is 12.7. The summed E-state index contributed by atoms with van der Waals surface area (Å²) in [6, 6.07) is 9.63. The first-order chi connectivity index (χ1) is 12.0. The minimum absolute atomic E-state index is 0.0977. The first-order valence-corrected chi connectivity index (χ1v) is 8.29. The van der Waals surface area contributed by atoms with Crippen LogP contribution in [0.3, 0.4) is 0 Å². The van der Waals surface area contributed by atoms with Gasteiger partial charge in [0.05, 0.1) is 23.3 Å². The van der Waals surface area contributed by atoms with E-state index in [4.69, 9.17) is 0 Å². The number of aliphatic carboxylic acids is 1. The zero-order valence-electron chi connectivity index (χ0n) is 14.3. The lowest BCUT2D eigenvalue weighted by molar-refractivity contribution is -0.153. The summed E-state index contributed by atoms with van der Waals surface area (Å²) in [7, 11) is 0. The smallest absolute Gasteiger partial charge is 0.319 e. The van der Waals surface area contributed by atoms with E-state index >= 15 is 0 Å². The van der Waals surface area contributed by atoms with Gasteiger partial charge in [-0.05, 0) is 30.9 Å². The Morgan fingerprint density at radius 2 is 1.84 bits per heavy atom. The molecule has 0 aliphatic heterocycles. The normalized spacial score (nSPS) is 15.5. The molecule has 0 spiro atoms. The van der Waals surface area contributed by atoms with E-state index in [-0.39, 0.29) is 18.8 Å². The van der Waals surface area contributed by atoms with Gasteiger partial charge in [0, 0.05) is 0 Å². The number of aromatic nitrogens is 2. The van der Waals surface area contributed by atoms with E-state index in [0.717, 1.165) is 11.4 Å². The molecule has 3 rings (SSSR count). The fraction of sp³-hybridized carbons (Fsp3) is 0.316. The maximum absolute atomic E-state index is 12.7. The number of carboxylic acid groups (broad SMARTS) is 1. The fourth-order valence-corrected chi connectivity index (χ4v) is 3.14. The van der Waals surface area contributed by atoms with E-state index in [1.807, 2.05) is 44.2 Å². The highest BCUT2D eigenvalue weighted by Gasteiger charge is 2.46. The van der Waals surface area contributed by atoms with Gasteiger partial charge in [0.25, 0.3) is 0 Å². The van der Waals surface area contributed by atoms with Gasteiger partial charge in [-0.15, -0.1) is 0 Å². The summed E-state index contributed by atoms with van der Waals surface area (Å²) in [6.07, 6.45) is 5.48. The van der Waals surface area contributed by atoms with Crippen molar-refractivity contribution in [1.82, 2.24) is 9.78 Å². The van der Waals surface area contributed by atoms with Crippen molar-refractivity contribution in [2.45, 2.75) is 32.6 Å². The Morgan fingerprint density at radius 3 is 2.40 bits per heavy atom. The van der Waals surface area contributed by atoms with Crippen molar-refractivity contribution in [3.63, 3.8) is 0 Å². The van der Waals surface area contributed by atoms with Gasteiger partial charge in [-0.3, -0.25) is 9.59 Å². The number of hydrogen-bond donors (Lipinski definition) is 2. The molecule has 0 radical (unpaired) electrons. The molecule has 1 aromatic heterocycles. The third-order valence-corrected chi connectivity index (χ3v) is 4.55. The zero-order chi connectivity index (χ0) is 18.0. The molecular weight excluding hydrogens is 318 g/mol. The SMILES string of the molecule is CC(C)c1c(NC(=O)C2(C(=O)O)CC=CC2)cnn1-c1ccccc1. The third-order valence-electron chi connectivity index (χ3n) is 4.55. The summed E-state index contributed by atoms with van der Waals surface area (Å²) in [5.74, 6) is -1.50. The van der Waals surface area contributed by atoms with Crippen molar-refractivity contribution >= 4 is 17.6 Å². The molecule has 0 unspecified atom stereocenters. The van der Waals surface area contributed by atoms with Crippen LogP contribution in [0.5, 0.6) is 0 Å². The van der Waals surface area contributed by atoms with E-state index in [2.05, 4.69) is 10.4 Å². The molecule has 130 valence electrons. The number of benzene rings is 1. The summed E-state index contributed by atoms with van der Waals surface area (Å²) in [5.41, 5.74) is 0.855. The molecule has 1 heterocycles. The monoisotopic (exact) mass is 339 g/mol. The molecule has 1 aliphatic rings. The summed E-state index contributed by atoms with van der Waals surface area (Å²) >= 11 is 0. The van der Waals surface area contributed by atoms with Crippen molar-refractivity contribution in [3.05, 3.63) is 54.4 Å². The highest BCUT2D eigenvalue weighted by atomic mass is 16.4. The summed E-state index contributed by atoms with van der Waals surface area (Å²) < 4.78 is 1.78. The van der Waals surface area contributed by atoms with Gasteiger partial charge in [0.1, 0.15) is 0 Å². The van der Waals surface area contributed by atoms with Crippen molar-refractivity contribution in [2.24, 2.45) is 5.41 Å². The topological polar surface area (TPSA) is 84.2 Å². The quantitative estimate of drug-likeness (QED) is 0.646. The van der Waals surface area contributed by atoms with Gasteiger partial charge in [-0.1, -0.05) is 44.2 Å². The van der Waals surface area contributed by atoms with E-state index in [9.17, 15) is 14.7 Å². The second-order valence-electron chi connectivity index (χ2n) is 6.57. The Hall–Kier alpha value is -2.89. The van der Waals surface area contributed by atoms with E-state index in [1.165, 1.54) is 0 Å². The second kappa shape index (κ2) is 6.55. The number of nitrogens with zero attached hydrogens (tertiary/aromatic N) is 2.